The summed E-state index contributed by atoms with van der Waals surface area (Å²) in [4.78, 5) is 6.31. The Bertz CT molecular complexity index is 1520. The van der Waals surface area contributed by atoms with E-state index in [2.05, 4.69) is 15.0 Å². The van der Waals surface area contributed by atoms with Crippen molar-refractivity contribution in [3.8, 4) is 11.6 Å². The van der Waals surface area contributed by atoms with Crippen molar-refractivity contribution >= 4 is 25.7 Å². The normalized spacial score (nSPS) is 21.9. The molecule has 0 saturated carbocycles. The van der Waals surface area contributed by atoms with E-state index in [1.54, 1.807) is 18.2 Å². The second-order valence-electron chi connectivity index (χ2n) is 11.6. The number of nitrogens with one attached hydrogen (secondary N) is 2. The molecule has 1 spiro atoms. The third-order valence-corrected chi connectivity index (χ3v) is 11.4. The van der Waals surface area contributed by atoms with Gasteiger partial charge < -0.3 is 34.6 Å². The van der Waals surface area contributed by atoms with E-state index in [1.807, 2.05) is 11.9 Å². The van der Waals surface area contributed by atoms with Crippen LogP contribution < -0.4 is 24.4 Å². The van der Waals surface area contributed by atoms with Crippen molar-refractivity contribution in [2.75, 3.05) is 64.5 Å². The average molecular weight is 656 g/mol. The first kappa shape index (κ1) is 32.8. The maximum atomic E-state index is 13.4. The number of benzene rings is 1. The van der Waals surface area contributed by atoms with Gasteiger partial charge in [-0.15, -0.1) is 0 Å². The molecule has 0 bridgehead atoms. The van der Waals surface area contributed by atoms with Gasteiger partial charge in [0, 0.05) is 45.3 Å². The number of hydrogen-bond acceptors (Lipinski definition) is 12. The molecule has 244 valence electrons. The van der Waals surface area contributed by atoms with E-state index in [0.717, 1.165) is 0 Å². The number of rotatable bonds is 12. The molecule has 0 radical (unpaired) electrons. The minimum atomic E-state index is -3.81. The number of nitrogens with zero attached hydrogens (tertiary/aromatic N) is 3. The highest BCUT2D eigenvalue weighted by molar-refractivity contribution is 7.89. The predicted octanol–water partition coefficient (Wildman–Crippen LogP) is -0.0890. The van der Waals surface area contributed by atoms with Crippen molar-refractivity contribution in [3.05, 3.63) is 36.5 Å². The molecule has 3 aliphatic heterocycles. The first-order chi connectivity index (χ1) is 20.9. The first-order valence-corrected chi connectivity index (χ1v) is 17.6. The smallest absolute Gasteiger partial charge is 0.244 e. The molecule has 3 aliphatic rings. The van der Waals surface area contributed by atoms with Crippen LogP contribution in [0.5, 0.6) is 11.6 Å². The minimum Gasteiger partial charge on any atom is -0.491 e. The summed E-state index contributed by atoms with van der Waals surface area (Å²) < 4.78 is 72.8. The van der Waals surface area contributed by atoms with Crippen LogP contribution in [0.3, 0.4) is 0 Å². The van der Waals surface area contributed by atoms with E-state index >= 15 is 0 Å². The second-order valence-corrected chi connectivity index (χ2v) is 15.3. The molecule has 0 unspecified atom stereocenters. The van der Waals surface area contributed by atoms with Crippen molar-refractivity contribution in [3.63, 3.8) is 0 Å². The van der Waals surface area contributed by atoms with Crippen molar-refractivity contribution in [2.45, 2.75) is 59.8 Å². The number of aliphatic hydroxyl groups is 2. The standard InChI is InChI=1S/C28H41N5O9S2/c1-20(34)15-31-43(36,37)24-5-3-4-23(12-24)41-19-22(35)16-29-21-14-28(42-18-21)6-8-33(9-7-28)44(38,39)25-13-26-27(30-17-25)40-11-10-32(26)2/h3-5,12-13,17,20-22,29,31,34-35H,6-11,14-16,18-19H2,1-2H3/t20-,21-,22+/m1/s1. The van der Waals surface area contributed by atoms with Crippen LogP contribution in [0.15, 0.2) is 46.3 Å². The highest BCUT2D eigenvalue weighted by Gasteiger charge is 2.45. The molecular weight excluding hydrogens is 614 g/mol. The van der Waals surface area contributed by atoms with Gasteiger partial charge in [0.25, 0.3) is 0 Å². The minimum absolute atomic E-state index is 0.00271. The summed E-state index contributed by atoms with van der Waals surface area (Å²) in [5.74, 6) is 0.729. The number of hydrogen-bond donors (Lipinski definition) is 4. The molecule has 14 nitrogen and oxygen atoms in total. The molecule has 2 fully saturated rings. The van der Waals surface area contributed by atoms with Crippen LogP contribution in [0.2, 0.25) is 0 Å². The van der Waals surface area contributed by atoms with Gasteiger partial charge in [-0.2, -0.15) is 4.31 Å². The van der Waals surface area contributed by atoms with Gasteiger partial charge in [-0.05, 0) is 44.4 Å². The number of fused-ring (bicyclic) bond motifs is 1. The highest BCUT2D eigenvalue weighted by atomic mass is 32.2. The van der Waals surface area contributed by atoms with E-state index in [0.29, 0.717) is 69.4 Å². The number of anilines is 1. The molecule has 44 heavy (non-hydrogen) atoms. The Morgan fingerprint density at radius 1 is 1.11 bits per heavy atom. The average Bonchev–Trinajstić information content (AvgIpc) is 3.40. The molecule has 16 heteroatoms. The second kappa shape index (κ2) is 13.4. The quantitative estimate of drug-likeness (QED) is 0.239. The maximum absolute atomic E-state index is 13.4. The number of pyridine rings is 1. The van der Waals surface area contributed by atoms with Gasteiger partial charge in [-0.3, -0.25) is 0 Å². The molecule has 1 aromatic carbocycles. The topological polar surface area (TPSA) is 180 Å². The summed E-state index contributed by atoms with van der Waals surface area (Å²) in [7, 11) is -5.65. The van der Waals surface area contributed by atoms with Crippen molar-refractivity contribution in [1.82, 2.24) is 19.3 Å². The van der Waals surface area contributed by atoms with E-state index in [9.17, 15) is 27.0 Å². The fourth-order valence-electron chi connectivity index (χ4n) is 5.55. The zero-order valence-electron chi connectivity index (χ0n) is 24.9. The van der Waals surface area contributed by atoms with Gasteiger partial charge in [0.05, 0.1) is 35.9 Å². The number of likely N-dealkylation sites (N-methyl/N-ethyl adjacent to an activating group) is 1. The lowest BCUT2D eigenvalue weighted by molar-refractivity contribution is -0.0312. The number of piperidine rings is 1. The van der Waals surface area contributed by atoms with Gasteiger partial charge in [0.2, 0.25) is 25.9 Å². The number of aliphatic hydroxyl groups excluding tert-OH is 2. The lowest BCUT2D eigenvalue weighted by Crippen LogP contribution is -2.47. The molecular formula is C28H41N5O9S2. The van der Waals surface area contributed by atoms with Crippen LogP contribution in [0.1, 0.15) is 26.2 Å². The summed E-state index contributed by atoms with van der Waals surface area (Å²) in [6.07, 6.45) is 1.48. The Hall–Kier alpha value is -2.57. The largest absolute Gasteiger partial charge is 0.491 e. The Morgan fingerprint density at radius 2 is 1.89 bits per heavy atom. The number of sulfonamides is 2. The maximum Gasteiger partial charge on any atom is 0.244 e. The molecule has 2 aromatic rings. The zero-order valence-corrected chi connectivity index (χ0v) is 26.5. The number of ether oxygens (including phenoxy) is 3. The Morgan fingerprint density at radius 3 is 2.64 bits per heavy atom. The number of aromatic nitrogens is 1. The predicted molar refractivity (Wildman–Crippen MR) is 161 cm³/mol. The Labute approximate surface area is 258 Å². The van der Waals surface area contributed by atoms with Crippen LogP contribution >= 0.6 is 0 Å². The zero-order chi connectivity index (χ0) is 31.5. The van der Waals surface area contributed by atoms with Crippen LogP contribution in [-0.4, -0.2) is 120 Å². The van der Waals surface area contributed by atoms with Crippen LogP contribution in [0.4, 0.5) is 5.69 Å². The van der Waals surface area contributed by atoms with E-state index in [1.165, 1.54) is 29.6 Å². The van der Waals surface area contributed by atoms with Crippen LogP contribution in [0, 0.1) is 0 Å². The monoisotopic (exact) mass is 655 g/mol. The van der Waals surface area contributed by atoms with Crippen LogP contribution in [-0.2, 0) is 24.8 Å². The molecule has 4 N–H and O–H groups in total. The van der Waals surface area contributed by atoms with Gasteiger partial charge in [-0.1, -0.05) is 6.07 Å². The lowest BCUT2D eigenvalue weighted by Gasteiger charge is -2.38. The summed E-state index contributed by atoms with van der Waals surface area (Å²) in [5, 5.41) is 23.2. The van der Waals surface area contributed by atoms with E-state index < -0.39 is 37.9 Å². The first-order valence-electron chi connectivity index (χ1n) is 14.7. The molecule has 0 aliphatic carbocycles. The highest BCUT2D eigenvalue weighted by Crippen LogP contribution is 2.38. The van der Waals surface area contributed by atoms with Crippen molar-refractivity contribution in [2.24, 2.45) is 0 Å². The van der Waals surface area contributed by atoms with E-state index in [4.69, 9.17) is 14.2 Å². The fraction of sp³-hybridized carbons (Fsp3) is 0.607. The van der Waals surface area contributed by atoms with Gasteiger partial charge in [0.15, 0.2) is 0 Å². The van der Waals surface area contributed by atoms with E-state index in [-0.39, 0.29) is 35.5 Å². The SMILES string of the molecule is C[C@@H](O)CNS(=O)(=O)c1cccc(OC[C@@H](O)CN[C@H]2COC3(CCN(S(=O)(=O)c4cnc5c(c4)N(C)CCO5)CC3)C2)c1. The van der Waals surface area contributed by atoms with Gasteiger partial charge in [0.1, 0.15) is 35.7 Å². The summed E-state index contributed by atoms with van der Waals surface area (Å²) in [5.41, 5.74) is 0.232. The van der Waals surface area contributed by atoms with Crippen LogP contribution in [0.25, 0.3) is 0 Å². The third-order valence-electron chi connectivity index (χ3n) is 8.13. The molecule has 3 atom stereocenters. The molecule has 1 aromatic heterocycles. The van der Waals surface area contributed by atoms with Crippen molar-refractivity contribution < 1.29 is 41.3 Å². The summed E-state index contributed by atoms with van der Waals surface area (Å²) >= 11 is 0. The van der Waals surface area contributed by atoms with Gasteiger partial charge in [-0.25, -0.2) is 26.5 Å². The Kier molecular flexibility index (Phi) is 10.0. The Balaban J connectivity index is 1.07. The fourth-order valence-corrected chi connectivity index (χ4v) is 8.12. The molecule has 4 heterocycles. The third kappa shape index (κ3) is 7.62. The summed E-state index contributed by atoms with van der Waals surface area (Å²) in [6.45, 7) is 3.83. The lowest BCUT2D eigenvalue weighted by atomic mass is 9.88. The van der Waals surface area contributed by atoms with Crippen molar-refractivity contribution in [1.29, 1.82) is 0 Å². The molecule has 5 rings (SSSR count). The summed E-state index contributed by atoms with van der Waals surface area (Å²) in [6, 6.07) is 7.54. The molecule has 0 amide bonds. The van der Waals surface area contributed by atoms with Gasteiger partial charge >= 0.3 is 0 Å². The molecule has 2 saturated heterocycles.